The molecule has 1 amide bonds. The lowest BCUT2D eigenvalue weighted by molar-refractivity contribution is 0.0730. The summed E-state index contributed by atoms with van der Waals surface area (Å²) in [6, 6.07) is 15.1. The van der Waals surface area contributed by atoms with Crippen molar-refractivity contribution < 1.29 is 17.6 Å². The van der Waals surface area contributed by atoms with Gasteiger partial charge in [-0.3, -0.25) is 4.79 Å². The van der Waals surface area contributed by atoms with E-state index in [1.54, 1.807) is 38.2 Å². The van der Waals surface area contributed by atoms with E-state index in [0.717, 1.165) is 4.88 Å². The van der Waals surface area contributed by atoms with Crippen LogP contribution in [0.1, 0.15) is 29.1 Å². The molecule has 8 nitrogen and oxygen atoms in total. The zero-order chi connectivity index (χ0) is 23.8. The number of nitrogens with two attached hydrogens (primary N) is 1. The number of carbonyl (C=O) groups excluding carboxylic acids is 1. The van der Waals surface area contributed by atoms with Gasteiger partial charge in [-0.25, -0.2) is 27.6 Å². The predicted octanol–water partition coefficient (Wildman–Crippen LogP) is 3.62. The highest BCUT2D eigenvalue weighted by Gasteiger charge is 2.26. The van der Waals surface area contributed by atoms with Crippen LogP contribution >= 0.6 is 11.3 Å². The van der Waals surface area contributed by atoms with E-state index >= 15 is 0 Å². The summed E-state index contributed by atoms with van der Waals surface area (Å²) in [7, 11) is -2.31. The number of nitrogens with zero attached hydrogens (tertiary/aromatic N) is 4. The van der Waals surface area contributed by atoms with Gasteiger partial charge in [-0.05, 0) is 54.3 Å². The van der Waals surface area contributed by atoms with Gasteiger partial charge in [-0.1, -0.05) is 24.3 Å². The van der Waals surface area contributed by atoms with E-state index in [9.17, 15) is 17.6 Å². The van der Waals surface area contributed by atoms with E-state index in [2.05, 4.69) is 10.1 Å². The Kier molecular flexibility index (Phi) is 6.11. The van der Waals surface area contributed by atoms with Crippen molar-refractivity contribution in [2.75, 3.05) is 7.05 Å². The summed E-state index contributed by atoms with van der Waals surface area (Å²) in [5.41, 5.74) is 1.02. The number of hydrogen-bond donors (Lipinski definition) is 1. The van der Waals surface area contributed by atoms with E-state index in [4.69, 9.17) is 5.14 Å². The first kappa shape index (κ1) is 22.8. The molecule has 0 saturated heterocycles. The number of sulfonamides is 1. The first-order valence-electron chi connectivity index (χ1n) is 9.82. The van der Waals surface area contributed by atoms with Gasteiger partial charge in [0, 0.05) is 7.05 Å². The Bertz CT molecular complexity index is 1420. The van der Waals surface area contributed by atoms with Crippen LogP contribution in [-0.4, -0.2) is 41.0 Å². The fourth-order valence-corrected chi connectivity index (χ4v) is 4.53. The molecule has 4 aromatic rings. The summed E-state index contributed by atoms with van der Waals surface area (Å²) in [4.78, 5) is 19.8. The van der Waals surface area contributed by atoms with Gasteiger partial charge in [0.05, 0.1) is 21.5 Å². The zero-order valence-corrected chi connectivity index (χ0v) is 19.3. The second kappa shape index (κ2) is 8.85. The molecule has 4 rings (SSSR count). The van der Waals surface area contributed by atoms with Crippen LogP contribution in [0.5, 0.6) is 0 Å². The number of hydrogen-bond acceptors (Lipinski definition) is 6. The summed E-state index contributed by atoms with van der Waals surface area (Å²) in [6.45, 7) is 1.75. The van der Waals surface area contributed by atoms with Gasteiger partial charge in [-0.15, -0.1) is 16.4 Å². The Hall–Kier alpha value is -3.41. The van der Waals surface area contributed by atoms with Gasteiger partial charge in [0.2, 0.25) is 15.8 Å². The smallest absolute Gasteiger partial charge is 0.293 e. The molecule has 0 fully saturated rings. The third-order valence-electron chi connectivity index (χ3n) is 5.16. The number of amides is 1. The van der Waals surface area contributed by atoms with Crippen LogP contribution in [0.3, 0.4) is 0 Å². The molecular weight excluding hydrogens is 465 g/mol. The SMILES string of the molecule is CC(c1cccc(S(N)(=O)=O)c1)N(C)C(=O)c1nc(-c2cccs2)n(-c2cccc(F)c2)n1. The molecule has 0 aliphatic carbocycles. The minimum Gasteiger partial charge on any atom is -0.332 e. The Balaban J connectivity index is 1.70. The Morgan fingerprint density at radius 2 is 1.91 bits per heavy atom. The van der Waals surface area contributed by atoms with E-state index in [1.165, 1.54) is 45.2 Å². The highest BCUT2D eigenvalue weighted by molar-refractivity contribution is 7.89. The summed E-state index contributed by atoms with van der Waals surface area (Å²) >= 11 is 1.42. The average molecular weight is 486 g/mol. The van der Waals surface area contributed by atoms with Gasteiger partial charge in [0.1, 0.15) is 5.82 Å². The Morgan fingerprint density at radius 1 is 1.15 bits per heavy atom. The van der Waals surface area contributed by atoms with Crippen molar-refractivity contribution in [1.29, 1.82) is 0 Å². The van der Waals surface area contributed by atoms with Gasteiger partial charge >= 0.3 is 0 Å². The van der Waals surface area contributed by atoms with Gasteiger partial charge < -0.3 is 4.90 Å². The normalized spacial score (nSPS) is 12.5. The largest absolute Gasteiger partial charge is 0.332 e. The van der Waals surface area contributed by atoms with Crippen molar-refractivity contribution in [1.82, 2.24) is 19.7 Å². The molecule has 0 spiro atoms. The molecule has 2 aromatic heterocycles. The van der Waals surface area contributed by atoms with Crippen molar-refractivity contribution in [3.05, 3.63) is 83.2 Å². The van der Waals surface area contributed by atoms with E-state index in [1.807, 2.05) is 17.5 Å². The average Bonchev–Trinajstić information content (AvgIpc) is 3.47. The molecule has 1 unspecified atom stereocenters. The highest BCUT2D eigenvalue weighted by Crippen LogP contribution is 2.27. The minimum absolute atomic E-state index is 0.0406. The van der Waals surface area contributed by atoms with Gasteiger partial charge in [0.25, 0.3) is 5.91 Å². The lowest BCUT2D eigenvalue weighted by atomic mass is 10.1. The number of thiophene rings is 1. The molecule has 2 heterocycles. The maximum Gasteiger partial charge on any atom is 0.293 e. The molecule has 0 saturated carbocycles. The maximum absolute atomic E-state index is 13.8. The monoisotopic (exact) mass is 485 g/mol. The molecule has 1 atom stereocenters. The van der Waals surface area contributed by atoms with Gasteiger partial charge in [0.15, 0.2) is 5.82 Å². The summed E-state index contributed by atoms with van der Waals surface area (Å²) in [6.07, 6.45) is 0. The molecule has 11 heteroatoms. The number of halogens is 1. The van der Waals surface area contributed by atoms with Crippen LogP contribution in [-0.2, 0) is 10.0 Å². The minimum atomic E-state index is -3.88. The third-order valence-corrected chi connectivity index (χ3v) is 6.94. The number of aromatic nitrogens is 3. The molecule has 0 bridgehead atoms. The first-order chi connectivity index (χ1) is 15.6. The lowest BCUT2D eigenvalue weighted by Crippen LogP contribution is -2.30. The molecule has 0 aliphatic heterocycles. The standard InChI is InChI=1S/C22H20FN5O3S2/c1-14(15-6-3-9-18(12-15)33(24,30)31)27(2)22(29)20-25-21(19-10-5-11-32-19)28(26-20)17-8-4-7-16(23)13-17/h3-14H,1-2H3,(H2,24,30,31). The topological polar surface area (TPSA) is 111 Å². The van der Waals surface area contributed by atoms with E-state index in [-0.39, 0.29) is 10.7 Å². The molecule has 0 aliphatic rings. The molecule has 33 heavy (non-hydrogen) atoms. The number of carbonyl (C=O) groups is 1. The molecule has 0 radical (unpaired) electrons. The highest BCUT2D eigenvalue weighted by atomic mass is 32.2. The molecule has 170 valence electrons. The number of primary sulfonamides is 1. The summed E-state index contributed by atoms with van der Waals surface area (Å²) in [5, 5.41) is 11.5. The fraction of sp³-hybridized carbons (Fsp3) is 0.136. The quantitative estimate of drug-likeness (QED) is 0.448. The number of rotatable bonds is 6. The van der Waals surface area contributed by atoms with Crippen molar-refractivity contribution in [2.45, 2.75) is 17.9 Å². The van der Waals surface area contributed by atoms with Crippen molar-refractivity contribution in [2.24, 2.45) is 5.14 Å². The van der Waals surface area contributed by atoms with Crippen molar-refractivity contribution in [3.8, 4) is 16.4 Å². The summed E-state index contributed by atoms with van der Waals surface area (Å²) < 4.78 is 38.7. The van der Waals surface area contributed by atoms with Crippen molar-refractivity contribution >= 4 is 27.3 Å². The number of benzene rings is 2. The van der Waals surface area contributed by atoms with Crippen LogP contribution in [0.25, 0.3) is 16.4 Å². The zero-order valence-electron chi connectivity index (χ0n) is 17.7. The van der Waals surface area contributed by atoms with Crippen LogP contribution in [0, 0.1) is 5.82 Å². The van der Waals surface area contributed by atoms with Crippen LogP contribution in [0.15, 0.2) is 70.9 Å². The van der Waals surface area contributed by atoms with Crippen LogP contribution in [0.4, 0.5) is 4.39 Å². The molecule has 2 aromatic carbocycles. The fourth-order valence-electron chi connectivity index (χ4n) is 3.26. The second-order valence-corrected chi connectivity index (χ2v) is 9.85. The second-order valence-electron chi connectivity index (χ2n) is 7.34. The third kappa shape index (κ3) is 4.70. The van der Waals surface area contributed by atoms with E-state index in [0.29, 0.717) is 17.1 Å². The van der Waals surface area contributed by atoms with Crippen LogP contribution in [0.2, 0.25) is 0 Å². The first-order valence-corrected chi connectivity index (χ1v) is 12.2. The van der Waals surface area contributed by atoms with E-state index < -0.39 is 27.8 Å². The van der Waals surface area contributed by atoms with Gasteiger partial charge in [-0.2, -0.15) is 0 Å². The Labute approximate surface area is 194 Å². The Morgan fingerprint density at radius 3 is 2.58 bits per heavy atom. The van der Waals surface area contributed by atoms with Crippen molar-refractivity contribution in [3.63, 3.8) is 0 Å². The lowest BCUT2D eigenvalue weighted by Gasteiger charge is -2.24. The molecular formula is C22H20FN5O3S2. The molecule has 2 N–H and O–H groups in total. The van der Waals surface area contributed by atoms with Crippen LogP contribution < -0.4 is 5.14 Å². The predicted molar refractivity (Wildman–Crippen MR) is 123 cm³/mol. The summed E-state index contributed by atoms with van der Waals surface area (Å²) in [5.74, 6) is -0.569. The maximum atomic E-state index is 13.8.